The number of hydrogen-bond acceptors (Lipinski definition) is 5. The summed E-state index contributed by atoms with van der Waals surface area (Å²) in [4.78, 5) is 8.30. The first-order valence-electron chi connectivity index (χ1n) is 5.78. The fraction of sp³-hybridized carbons (Fsp3) is 0.333. The van der Waals surface area contributed by atoms with Crippen LogP contribution in [0.1, 0.15) is 10.6 Å². The van der Waals surface area contributed by atoms with Gasteiger partial charge in [-0.25, -0.2) is 4.98 Å². The highest BCUT2D eigenvalue weighted by molar-refractivity contribution is 7.09. The van der Waals surface area contributed by atoms with E-state index in [4.69, 9.17) is 4.74 Å². The molecule has 0 saturated carbocycles. The third-order valence-electron chi connectivity index (χ3n) is 2.40. The first kappa shape index (κ1) is 14.6. The lowest BCUT2D eigenvalue weighted by Crippen LogP contribution is -2.12. The van der Waals surface area contributed by atoms with Gasteiger partial charge in [0.15, 0.2) is 5.69 Å². The summed E-state index contributed by atoms with van der Waals surface area (Å²) in [6, 6.07) is 4.65. The number of hydrogen-bond donors (Lipinski definition) is 1. The normalized spacial score (nSPS) is 11.4. The minimum absolute atomic E-state index is 0.0896. The molecular formula is C12H12F3N3OS. The van der Waals surface area contributed by atoms with Crippen molar-refractivity contribution < 1.29 is 17.9 Å². The van der Waals surface area contributed by atoms with Gasteiger partial charge in [-0.05, 0) is 11.4 Å². The molecule has 0 fully saturated rings. The lowest BCUT2D eigenvalue weighted by molar-refractivity contribution is -0.141. The number of rotatable bonds is 5. The summed E-state index contributed by atoms with van der Waals surface area (Å²) >= 11 is 1.57. The van der Waals surface area contributed by atoms with Crippen LogP contribution in [0.2, 0.25) is 0 Å². The second-order valence-corrected chi connectivity index (χ2v) is 4.87. The van der Waals surface area contributed by atoms with Gasteiger partial charge >= 0.3 is 6.18 Å². The van der Waals surface area contributed by atoms with Crippen molar-refractivity contribution in [3.05, 3.63) is 34.2 Å². The summed E-state index contributed by atoms with van der Waals surface area (Å²) in [6.07, 6.45) is -3.90. The standard InChI is InChI=1S/C12H12F3N3OS/c1-16-11-17-9(12(13,14)15)7-10(18-11)19-5-4-8-3-2-6-20-8/h2-3,6-7H,4-5H2,1H3,(H,16,17,18). The Hall–Kier alpha value is -1.83. The molecular weight excluding hydrogens is 291 g/mol. The van der Waals surface area contributed by atoms with Crippen LogP contribution in [-0.2, 0) is 12.6 Å². The Bertz CT molecular complexity index is 558. The monoisotopic (exact) mass is 303 g/mol. The summed E-state index contributed by atoms with van der Waals surface area (Å²) < 4.78 is 43.2. The number of thiophene rings is 1. The van der Waals surface area contributed by atoms with Crippen LogP contribution in [-0.4, -0.2) is 23.6 Å². The molecule has 0 bridgehead atoms. The molecule has 20 heavy (non-hydrogen) atoms. The number of halogens is 3. The molecule has 0 unspecified atom stereocenters. The number of nitrogens with one attached hydrogen (secondary N) is 1. The molecule has 0 spiro atoms. The SMILES string of the molecule is CNc1nc(OCCc2cccs2)cc(C(F)(F)F)n1. The van der Waals surface area contributed by atoms with Crippen molar-refractivity contribution in [2.24, 2.45) is 0 Å². The Kier molecular flexibility index (Phi) is 4.43. The quantitative estimate of drug-likeness (QED) is 0.921. The van der Waals surface area contributed by atoms with Gasteiger partial charge < -0.3 is 10.1 Å². The maximum absolute atomic E-state index is 12.7. The highest BCUT2D eigenvalue weighted by Crippen LogP contribution is 2.30. The molecule has 2 heterocycles. The van der Waals surface area contributed by atoms with Gasteiger partial charge in [0.25, 0.3) is 0 Å². The largest absolute Gasteiger partial charge is 0.477 e. The summed E-state index contributed by atoms with van der Waals surface area (Å²) in [5, 5.41) is 4.42. The summed E-state index contributed by atoms with van der Waals surface area (Å²) in [5.41, 5.74) is -1.03. The average Bonchev–Trinajstić information content (AvgIpc) is 2.90. The molecule has 8 heteroatoms. The molecule has 0 aliphatic heterocycles. The molecule has 108 valence electrons. The van der Waals surface area contributed by atoms with E-state index >= 15 is 0 Å². The van der Waals surface area contributed by atoms with Gasteiger partial charge in [-0.1, -0.05) is 6.07 Å². The van der Waals surface area contributed by atoms with Crippen LogP contribution in [0.15, 0.2) is 23.6 Å². The van der Waals surface area contributed by atoms with Gasteiger partial charge in [0.1, 0.15) is 0 Å². The van der Waals surface area contributed by atoms with Gasteiger partial charge in [-0.2, -0.15) is 18.2 Å². The van der Waals surface area contributed by atoms with Gasteiger partial charge in [-0.3, -0.25) is 0 Å². The van der Waals surface area contributed by atoms with E-state index in [0.29, 0.717) is 6.42 Å². The maximum Gasteiger partial charge on any atom is 0.433 e. The molecule has 0 aromatic carbocycles. The predicted octanol–water partition coefficient (Wildman–Crippen LogP) is 3.22. The van der Waals surface area contributed by atoms with E-state index in [1.54, 1.807) is 11.3 Å². The van der Waals surface area contributed by atoms with Crippen molar-refractivity contribution in [1.82, 2.24) is 9.97 Å². The predicted molar refractivity (Wildman–Crippen MR) is 70.1 cm³/mol. The van der Waals surface area contributed by atoms with E-state index in [1.807, 2.05) is 17.5 Å². The van der Waals surface area contributed by atoms with E-state index in [9.17, 15) is 13.2 Å². The molecule has 4 nitrogen and oxygen atoms in total. The average molecular weight is 303 g/mol. The fourth-order valence-electron chi connectivity index (χ4n) is 1.47. The van der Waals surface area contributed by atoms with Crippen LogP contribution in [0.25, 0.3) is 0 Å². The molecule has 0 aliphatic rings. The van der Waals surface area contributed by atoms with Crippen molar-refractivity contribution in [2.45, 2.75) is 12.6 Å². The van der Waals surface area contributed by atoms with Crippen LogP contribution in [0.4, 0.5) is 19.1 Å². The van der Waals surface area contributed by atoms with Crippen molar-refractivity contribution >= 4 is 17.3 Å². The number of alkyl halides is 3. The minimum atomic E-state index is -4.53. The Morgan fingerprint density at radius 1 is 1.35 bits per heavy atom. The highest BCUT2D eigenvalue weighted by Gasteiger charge is 2.34. The lowest BCUT2D eigenvalue weighted by Gasteiger charge is -2.10. The summed E-state index contributed by atoms with van der Waals surface area (Å²) in [5.74, 6) is -0.209. The number of anilines is 1. The second kappa shape index (κ2) is 6.08. The number of ether oxygens (including phenoxy) is 1. The van der Waals surface area contributed by atoms with E-state index in [0.717, 1.165) is 10.9 Å². The molecule has 0 radical (unpaired) electrons. The Labute approximate surface area is 117 Å². The minimum Gasteiger partial charge on any atom is -0.477 e. The Balaban J connectivity index is 2.06. The van der Waals surface area contributed by atoms with Gasteiger partial charge in [-0.15, -0.1) is 11.3 Å². The summed E-state index contributed by atoms with van der Waals surface area (Å²) in [6.45, 7) is 0.262. The molecule has 0 aliphatic carbocycles. The zero-order chi connectivity index (χ0) is 14.6. The number of aromatic nitrogens is 2. The van der Waals surface area contributed by atoms with Gasteiger partial charge in [0, 0.05) is 24.4 Å². The summed E-state index contributed by atoms with van der Waals surface area (Å²) in [7, 11) is 1.45. The molecule has 1 N–H and O–H groups in total. The topological polar surface area (TPSA) is 47.0 Å². The van der Waals surface area contributed by atoms with Crippen molar-refractivity contribution in [1.29, 1.82) is 0 Å². The first-order chi connectivity index (χ1) is 9.49. The molecule has 2 aromatic heterocycles. The van der Waals surface area contributed by atoms with Gasteiger partial charge in [0.05, 0.1) is 6.61 Å². The molecule has 2 rings (SSSR count). The zero-order valence-electron chi connectivity index (χ0n) is 10.6. The third kappa shape index (κ3) is 3.83. The van der Waals surface area contributed by atoms with Crippen molar-refractivity contribution in [2.75, 3.05) is 19.0 Å². The Morgan fingerprint density at radius 2 is 2.15 bits per heavy atom. The maximum atomic E-state index is 12.7. The lowest BCUT2D eigenvalue weighted by atomic mass is 10.3. The van der Waals surface area contributed by atoms with E-state index < -0.39 is 11.9 Å². The zero-order valence-corrected chi connectivity index (χ0v) is 11.4. The Morgan fingerprint density at radius 3 is 2.75 bits per heavy atom. The third-order valence-corrected chi connectivity index (χ3v) is 3.33. The molecule has 0 amide bonds. The van der Waals surface area contributed by atoms with Crippen LogP contribution in [0.5, 0.6) is 5.88 Å². The van der Waals surface area contributed by atoms with E-state index in [1.165, 1.54) is 7.05 Å². The van der Waals surface area contributed by atoms with Crippen LogP contribution < -0.4 is 10.1 Å². The first-order valence-corrected chi connectivity index (χ1v) is 6.66. The van der Waals surface area contributed by atoms with Gasteiger partial charge in [0.2, 0.25) is 11.8 Å². The smallest absolute Gasteiger partial charge is 0.433 e. The van der Waals surface area contributed by atoms with Crippen molar-refractivity contribution in [3.63, 3.8) is 0 Å². The number of nitrogens with zero attached hydrogens (tertiary/aromatic N) is 2. The van der Waals surface area contributed by atoms with Crippen LogP contribution in [0.3, 0.4) is 0 Å². The highest BCUT2D eigenvalue weighted by atomic mass is 32.1. The molecule has 0 saturated heterocycles. The molecule has 2 aromatic rings. The van der Waals surface area contributed by atoms with E-state index in [2.05, 4.69) is 15.3 Å². The second-order valence-electron chi connectivity index (χ2n) is 3.84. The van der Waals surface area contributed by atoms with Crippen molar-refractivity contribution in [3.8, 4) is 5.88 Å². The fourth-order valence-corrected chi connectivity index (χ4v) is 2.16. The molecule has 0 atom stereocenters. The van der Waals surface area contributed by atoms with Crippen LogP contribution >= 0.6 is 11.3 Å². The van der Waals surface area contributed by atoms with Crippen LogP contribution in [0, 0.1) is 0 Å². The van der Waals surface area contributed by atoms with E-state index in [-0.39, 0.29) is 18.4 Å².